The van der Waals surface area contributed by atoms with Crippen LogP contribution in [0.5, 0.6) is 0 Å². The van der Waals surface area contributed by atoms with Gasteiger partial charge in [0.05, 0.1) is 18.7 Å². The Hall–Kier alpha value is -4.44. The predicted octanol–water partition coefficient (Wildman–Crippen LogP) is 4.53. The maximum atomic E-state index is 13.0. The number of carbonyl (C=O) groups is 1. The van der Waals surface area contributed by atoms with Crippen LogP contribution in [-0.2, 0) is 4.79 Å². The fourth-order valence-electron chi connectivity index (χ4n) is 4.26. The maximum absolute atomic E-state index is 13.0. The molecule has 3 heterocycles. The van der Waals surface area contributed by atoms with Crippen LogP contribution in [0.15, 0.2) is 45.8 Å². The molecule has 40 heavy (non-hydrogen) atoms. The van der Waals surface area contributed by atoms with E-state index in [1.54, 1.807) is 35.3 Å². The Kier molecular flexibility index (Phi) is 9.00. The van der Waals surface area contributed by atoms with Gasteiger partial charge in [-0.25, -0.2) is 0 Å². The molecule has 4 rings (SSSR count). The zero-order valence-corrected chi connectivity index (χ0v) is 23.9. The second-order valence-electron chi connectivity index (χ2n) is 9.40. The van der Waals surface area contributed by atoms with Crippen molar-refractivity contribution in [3.63, 3.8) is 0 Å². The van der Waals surface area contributed by atoms with Crippen molar-refractivity contribution in [2.75, 3.05) is 18.0 Å². The largest absolute Gasteiger partial charge is 0.439 e. The first-order valence-corrected chi connectivity index (χ1v) is 13.7. The summed E-state index contributed by atoms with van der Waals surface area (Å²) in [6.07, 6.45) is 0.414. The number of fused-ring (bicyclic) bond motifs is 1. The molecule has 5 N–H and O–H groups in total. The second kappa shape index (κ2) is 12.6. The molecule has 0 bridgehead atoms. The van der Waals surface area contributed by atoms with Crippen LogP contribution >= 0.6 is 11.3 Å². The lowest BCUT2D eigenvalue weighted by Crippen LogP contribution is -2.42. The highest BCUT2D eigenvalue weighted by Gasteiger charge is 2.34. The van der Waals surface area contributed by atoms with Crippen LogP contribution in [0.1, 0.15) is 58.4 Å². The standard InChI is InChI=1S/C31H32N6O2S/c1-19-10-12-23(13-11-19)29-28-20(2)21(3)40-31(28)37(22(4)33)30(34)26(36-29)18-27(38)35-17-6-5-8-24-14-15-25(39-24)9-7-16-32/h10-15,26,33-34H,6,16-18,32H2,1-4H3,(H,35,38)/t26-/m0/s1. The van der Waals surface area contributed by atoms with E-state index >= 15 is 0 Å². The molecule has 1 aliphatic heterocycles. The number of rotatable bonds is 5. The van der Waals surface area contributed by atoms with Gasteiger partial charge in [0.25, 0.3) is 0 Å². The topological polar surface area (TPSA) is 132 Å². The minimum Gasteiger partial charge on any atom is -0.439 e. The van der Waals surface area contributed by atoms with Gasteiger partial charge >= 0.3 is 0 Å². The van der Waals surface area contributed by atoms with Crippen LogP contribution in [0, 0.1) is 55.3 Å². The van der Waals surface area contributed by atoms with Gasteiger partial charge in [-0.1, -0.05) is 41.7 Å². The van der Waals surface area contributed by atoms with E-state index < -0.39 is 6.04 Å². The summed E-state index contributed by atoms with van der Waals surface area (Å²) in [6.45, 7) is 8.37. The highest BCUT2D eigenvalue weighted by molar-refractivity contribution is 7.17. The van der Waals surface area contributed by atoms with Gasteiger partial charge in [0, 0.05) is 29.0 Å². The van der Waals surface area contributed by atoms with Crippen LogP contribution in [0.2, 0.25) is 0 Å². The number of carbonyl (C=O) groups excluding carboxylic acids is 1. The minimum atomic E-state index is -0.752. The van der Waals surface area contributed by atoms with E-state index in [9.17, 15) is 4.79 Å². The Morgan fingerprint density at radius 1 is 1.12 bits per heavy atom. The summed E-state index contributed by atoms with van der Waals surface area (Å²) in [4.78, 5) is 20.7. The Labute approximate surface area is 238 Å². The third-order valence-corrected chi connectivity index (χ3v) is 7.58. The van der Waals surface area contributed by atoms with Gasteiger partial charge < -0.3 is 15.5 Å². The highest BCUT2D eigenvalue weighted by atomic mass is 32.1. The Balaban J connectivity index is 1.52. The van der Waals surface area contributed by atoms with Gasteiger partial charge in [0.15, 0.2) is 11.5 Å². The third-order valence-electron chi connectivity index (χ3n) is 6.39. The number of aliphatic imine (C=N–C) groups is 1. The molecule has 2 aromatic heterocycles. The van der Waals surface area contributed by atoms with E-state index in [1.165, 1.54) is 0 Å². The number of anilines is 1. The molecule has 1 atom stereocenters. The Morgan fingerprint density at radius 3 is 2.45 bits per heavy atom. The first-order valence-electron chi connectivity index (χ1n) is 12.9. The number of amides is 1. The van der Waals surface area contributed by atoms with Crippen molar-refractivity contribution >= 4 is 39.6 Å². The van der Waals surface area contributed by atoms with Crippen LogP contribution in [-0.4, -0.2) is 42.4 Å². The summed E-state index contributed by atoms with van der Waals surface area (Å²) >= 11 is 1.54. The zero-order valence-electron chi connectivity index (χ0n) is 23.1. The van der Waals surface area contributed by atoms with E-state index in [-0.39, 0.29) is 30.5 Å². The van der Waals surface area contributed by atoms with Crippen LogP contribution in [0.25, 0.3) is 0 Å². The van der Waals surface area contributed by atoms with Gasteiger partial charge in [-0.05, 0) is 57.2 Å². The van der Waals surface area contributed by atoms with E-state index in [4.69, 9.17) is 26.0 Å². The van der Waals surface area contributed by atoms with Crippen molar-refractivity contribution in [2.45, 2.75) is 46.6 Å². The minimum absolute atomic E-state index is 0.0142. The van der Waals surface area contributed by atoms with Crippen molar-refractivity contribution in [1.82, 2.24) is 5.32 Å². The molecular weight excluding hydrogens is 520 g/mol. The predicted molar refractivity (Wildman–Crippen MR) is 162 cm³/mol. The van der Waals surface area contributed by atoms with E-state index in [0.29, 0.717) is 24.5 Å². The van der Waals surface area contributed by atoms with Crippen LogP contribution < -0.4 is 16.0 Å². The SMILES string of the molecule is CC(=N)N1C(=N)[C@H](CC(=O)NCCC#Cc2ccc(C#CCN)o2)N=C(c2ccc(C)cc2)c2c1sc(C)c2C. The lowest BCUT2D eigenvalue weighted by molar-refractivity contribution is -0.121. The molecule has 0 unspecified atom stereocenters. The molecule has 0 saturated heterocycles. The van der Waals surface area contributed by atoms with Gasteiger partial charge in [-0.15, -0.1) is 11.3 Å². The van der Waals surface area contributed by atoms with Crippen LogP contribution in [0.3, 0.4) is 0 Å². The maximum Gasteiger partial charge on any atom is 0.222 e. The fraction of sp³-hybridized carbons (Fsp3) is 0.290. The van der Waals surface area contributed by atoms with Gasteiger partial charge in [0.2, 0.25) is 5.91 Å². The molecule has 0 fully saturated rings. The van der Waals surface area contributed by atoms with Crippen molar-refractivity contribution < 1.29 is 9.21 Å². The van der Waals surface area contributed by atoms with Crippen LogP contribution in [0.4, 0.5) is 5.00 Å². The molecule has 1 aromatic carbocycles. The quantitative estimate of drug-likeness (QED) is 0.160. The first-order chi connectivity index (χ1) is 19.2. The Morgan fingerprint density at radius 2 is 1.80 bits per heavy atom. The molecule has 0 radical (unpaired) electrons. The summed E-state index contributed by atoms with van der Waals surface area (Å²) < 4.78 is 5.51. The number of thiophene rings is 1. The monoisotopic (exact) mass is 552 g/mol. The van der Waals surface area contributed by atoms with Gasteiger partial charge in [-0.2, -0.15) is 0 Å². The lowest BCUT2D eigenvalue weighted by Gasteiger charge is -2.24. The lowest BCUT2D eigenvalue weighted by atomic mass is 9.99. The second-order valence-corrected chi connectivity index (χ2v) is 10.6. The number of hydrogen-bond donors (Lipinski definition) is 4. The van der Waals surface area contributed by atoms with Gasteiger partial charge in [-0.3, -0.25) is 25.5 Å². The zero-order chi connectivity index (χ0) is 28.8. The number of aryl methyl sites for hydroxylation is 2. The summed E-state index contributed by atoms with van der Waals surface area (Å²) in [5.41, 5.74) is 10.1. The molecule has 0 aliphatic carbocycles. The fourth-order valence-corrected chi connectivity index (χ4v) is 5.49. The number of nitrogens with two attached hydrogens (primary N) is 1. The number of furan rings is 1. The molecule has 204 valence electrons. The number of nitrogens with zero attached hydrogens (tertiary/aromatic N) is 2. The van der Waals surface area contributed by atoms with E-state index in [2.05, 4.69) is 29.0 Å². The number of amidine groups is 2. The summed E-state index contributed by atoms with van der Waals surface area (Å²) in [5, 5.41) is 21.1. The average molecular weight is 553 g/mol. The number of hydrogen-bond acceptors (Lipinski definition) is 7. The van der Waals surface area contributed by atoms with E-state index in [1.807, 2.05) is 45.0 Å². The molecule has 9 heteroatoms. The van der Waals surface area contributed by atoms with Crippen molar-refractivity contribution in [2.24, 2.45) is 10.7 Å². The Bertz CT molecular complexity index is 1600. The molecular formula is C31H32N6O2S. The molecule has 0 spiro atoms. The highest BCUT2D eigenvalue weighted by Crippen LogP contribution is 2.40. The van der Waals surface area contributed by atoms with Crippen molar-refractivity contribution in [3.8, 4) is 23.7 Å². The number of nitrogens with one attached hydrogen (secondary N) is 3. The molecule has 8 nitrogen and oxygen atoms in total. The summed E-state index contributed by atoms with van der Waals surface area (Å²) in [7, 11) is 0. The van der Waals surface area contributed by atoms with Crippen molar-refractivity contribution in [3.05, 3.63) is 75.0 Å². The van der Waals surface area contributed by atoms with Crippen molar-refractivity contribution in [1.29, 1.82) is 10.8 Å². The average Bonchev–Trinajstić information content (AvgIpc) is 3.45. The molecule has 3 aromatic rings. The third kappa shape index (κ3) is 6.40. The normalized spacial score (nSPS) is 14.2. The summed E-state index contributed by atoms with van der Waals surface area (Å²) in [6, 6.07) is 10.8. The molecule has 1 amide bonds. The molecule has 1 aliphatic rings. The number of benzene rings is 1. The molecule has 0 saturated carbocycles. The van der Waals surface area contributed by atoms with Gasteiger partial charge in [0.1, 0.15) is 22.7 Å². The first kappa shape index (κ1) is 28.6. The summed E-state index contributed by atoms with van der Waals surface area (Å²) in [5.74, 6) is 12.5. The van der Waals surface area contributed by atoms with E-state index in [0.717, 1.165) is 37.8 Å². The smallest absolute Gasteiger partial charge is 0.222 e.